The zero-order valence-corrected chi connectivity index (χ0v) is 32.0. The molecule has 7 aliphatic carbocycles. The number of hydrogen-bond donors (Lipinski definition) is 2. The third-order valence-corrected chi connectivity index (χ3v) is 17.4. The van der Waals surface area contributed by atoms with Gasteiger partial charge in [0.25, 0.3) is 5.91 Å². The van der Waals surface area contributed by atoms with Crippen molar-refractivity contribution in [3.63, 3.8) is 0 Å². The standard InChI is InChI=1S/C46H55NO6/c1-39(2)42(5)22-25-46(39,53-38(42)51)37(50)47(28-30-12-8-6-9-13-30)29-44(52)21-18-35-41(44,4)20-17-34-40(3)19-16-32(48)26-43(40)23-24-45(34,35)33(27-43)36(49)31-14-10-7-11-15-31/h6-15,23-24,27,32,34-35,48,52H,16-22,25-26,28-29H2,1-5H3/t32?,34-,35-,40-,41+,42+,43+,44-,45-,46-/m1/s1. The molecule has 0 radical (unpaired) electrons. The fourth-order valence-electron chi connectivity index (χ4n) is 13.6. The SMILES string of the molecule is CC1(C)[C@@]2(C)CC[C@]1(C(=O)N(Cc1ccccc1)C[C@]1(O)CC[C@H]3[C@]45C=C[C@@]6(C=C4C(=O)c4ccccc4)CC(O)CC[C@]6(C)[C@H]5CC[C@@]31C)OC2=O. The Bertz CT molecular complexity index is 1960. The van der Waals surface area contributed by atoms with E-state index in [1.165, 1.54) is 0 Å². The van der Waals surface area contributed by atoms with Crippen LogP contribution in [0.2, 0.25) is 0 Å². The predicted octanol–water partition coefficient (Wildman–Crippen LogP) is 7.61. The van der Waals surface area contributed by atoms with Gasteiger partial charge >= 0.3 is 5.97 Å². The average molecular weight is 718 g/mol. The van der Waals surface area contributed by atoms with Crippen molar-refractivity contribution in [1.29, 1.82) is 0 Å². The van der Waals surface area contributed by atoms with Crippen LogP contribution in [0.1, 0.15) is 108 Å². The number of ketones is 1. The molecular weight excluding hydrogens is 663 g/mol. The molecule has 4 saturated carbocycles. The number of hydrogen-bond acceptors (Lipinski definition) is 6. The third-order valence-electron chi connectivity index (χ3n) is 17.4. The van der Waals surface area contributed by atoms with E-state index in [9.17, 15) is 19.8 Å². The van der Waals surface area contributed by atoms with Gasteiger partial charge in [0, 0.05) is 39.3 Å². The minimum atomic E-state index is -1.30. The highest BCUT2D eigenvalue weighted by atomic mass is 16.6. The maximum Gasteiger partial charge on any atom is 0.313 e. The van der Waals surface area contributed by atoms with Gasteiger partial charge in [-0.2, -0.15) is 0 Å². The Labute approximate surface area is 313 Å². The summed E-state index contributed by atoms with van der Waals surface area (Å²) in [6.07, 6.45) is 12.6. The van der Waals surface area contributed by atoms with Gasteiger partial charge in [-0.3, -0.25) is 14.4 Å². The van der Waals surface area contributed by atoms with E-state index >= 15 is 4.79 Å². The molecule has 10 atom stereocenters. The summed E-state index contributed by atoms with van der Waals surface area (Å²) in [5.41, 5.74) is -3.32. The van der Waals surface area contributed by atoms with Crippen molar-refractivity contribution in [2.45, 2.75) is 116 Å². The molecule has 1 heterocycles. The quantitative estimate of drug-likeness (QED) is 0.174. The van der Waals surface area contributed by atoms with E-state index in [4.69, 9.17) is 4.74 Å². The lowest BCUT2D eigenvalue weighted by atomic mass is 9.32. The van der Waals surface area contributed by atoms with Crippen LogP contribution in [0.15, 0.2) is 84.5 Å². The van der Waals surface area contributed by atoms with Crippen LogP contribution in [-0.2, 0) is 20.9 Å². The van der Waals surface area contributed by atoms with Gasteiger partial charge in [0.1, 0.15) is 0 Å². The number of allylic oxidation sites excluding steroid dienone is 4. The van der Waals surface area contributed by atoms with Crippen LogP contribution in [0, 0.1) is 44.3 Å². The minimum Gasteiger partial charge on any atom is -0.448 e. The van der Waals surface area contributed by atoms with Gasteiger partial charge in [-0.05, 0) is 87.5 Å². The van der Waals surface area contributed by atoms with Crippen LogP contribution in [-0.4, -0.2) is 56.6 Å². The maximum atomic E-state index is 15.2. The summed E-state index contributed by atoms with van der Waals surface area (Å²) in [5.74, 6) is -0.360. The Balaban J connectivity index is 1.13. The van der Waals surface area contributed by atoms with Crippen LogP contribution < -0.4 is 0 Å². The summed E-state index contributed by atoms with van der Waals surface area (Å²) in [7, 11) is 0. The number of Topliss-reactive ketones (excluding diaryl/α,β-unsaturated/α-hetero) is 1. The summed E-state index contributed by atoms with van der Waals surface area (Å²) in [6, 6.07) is 19.5. The Morgan fingerprint density at radius 3 is 2.11 bits per heavy atom. The summed E-state index contributed by atoms with van der Waals surface area (Å²) in [4.78, 5) is 45.1. The summed E-state index contributed by atoms with van der Waals surface area (Å²) >= 11 is 0. The predicted molar refractivity (Wildman–Crippen MR) is 201 cm³/mol. The van der Waals surface area contributed by atoms with E-state index in [2.05, 4.69) is 32.1 Å². The molecule has 1 unspecified atom stereocenters. The molecule has 0 aromatic heterocycles. The van der Waals surface area contributed by atoms with E-state index in [-0.39, 0.29) is 41.5 Å². The summed E-state index contributed by atoms with van der Waals surface area (Å²) in [6.45, 7) is 10.9. The van der Waals surface area contributed by atoms with Crippen molar-refractivity contribution in [3.05, 3.63) is 95.6 Å². The zero-order chi connectivity index (χ0) is 37.5. The monoisotopic (exact) mass is 717 g/mol. The smallest absolute Gasteiger partial charge is 0.313 e. The molecule has 1 amide bonds. The number of amides is 1. The highest BCUT2D eigenvalue weighted by Crippen LogP contribution is 2.78. The average Bonchev–Trinajstić information content (AvgIpc) is 3.59. The number of aliphatic hydroxyl groups is 2. The number of esters is 1. The molecule has 4 bridgehead atoms. The molecule has 1 saturated heterocycles. The molecule has 2 aromatic carbocycles. The molecule has 7 heteroatoms. The second kappa shape index (κ2) is 11.0. The fourth-order valence-corrected chi connectivity index (χ4v) is 13.6. The molecular formula is C46H55NO6. The first-order valence-corrected chi connectivity index (χ1v) is 20.0. The number of ether oxygens (including phenoxy) is 1. The first kappa shape index (κ1) is 35.2. The van der Waals surface area contributed by atoms with Gasteiger partial charge in [0.2, 0.25) is 0 Å². The Kier molecular flexibility index (Phi) is 7.32. The van der Waals surface area contributed by atoms with Crippen LogP contribution in [0.4, 0.5) is 0 Å². The number of nitrogens with zero attached hydrogens (tertiary/aromatic N) is 1. The first-order chi connectivity index (χ1) is 25.0. The molecule has 5 fully saturated rings. The first-order valence-electron chi connectivity index (χ1n) is 20.0. The Morgan fingerprint density at radius 2 is 1.45 bits per heavy atom. The van der Waals surface area contributed by atoms with E-state index in [0.717, 1.165) is 43.2 Å². The Morgan fingerprint density at radius 1 is 0.811 bits per heavy atom. The third kappa shape index (κ3) is 4.16. The molecule has 2 spiro atoms. The van der Waals surface area contributed by atoms with Gasteiger partial charge < -0.3 is 19.8 Å². The molecule has 2 aromatic rings. The normalized spacial score (nSPS) is 44.1. The summed E-state index contributed by atoms with van der Waals surface area (Å²) < 4.78 is 6.15. The highest BCUT2D eigenvalue weighted by Gasteiger charge is 2.78. The van der Waals surface area contributed by atoms with Crippen molar-refractivity contribution in [1.82, 2.24) is 4.90 Å². The van der Waals surface area contributed by atoms with Crippen LogP contribution in [0.25, 0.3) is 0 Å². The number of rotatable bonds is 7. The molecule has 280 valence electrons. The van der Waals surface area contributed by atoms with Crippen LogP contribution in [0.3, 0.4) is 0 Å². The molecule has 53 heavy (non-hydrogen) atoms. The number of benzene rings is 2. The van der Waals surface area contributed by atoms with Crippen molar-refractivity contribution in [2.24, 2.45) is 44.3 Å². The van der Waals surface area contributed by atoms with Crippen molar-refractivity contribution in [2.75, 3.05) is 6.54 Å². The second-order valence-electron chi connectivity index (χ2n) is 19.3. The number of carbonyl (C=O) groups is 3. The van der Waals surface area contributed by atoms with Gasteiger partial charge in [0.05, 0.1) is 23.7 Å². The van der Waals surface area contributed by atoms with Gasteiger partial charge in [-0.15, -0.1) is 0 Å². The molecule has 2 N–H and O–H groups in total. The maximum absolute atomic E-state index is 15.2. The van der Waals surface area contributed by atoms with Gasteiger partial charge in [-0.1, -0.05) is 107 Å². The van der Waals surface area contributed by atoms with Crippen molar-refractivity contribution < 1.29 is 29.3 Å². The lowest BCUT2D eigenvalue weighted by molar-refractivity contribution is -0.187. The van der Waals surface area contributed by atoms with Crippen molar-refractivity contribution in [3.8, 4) is 0 Å². The lowest BCUT2D eigenvalue weighted by Crippen LogP contribution is -2.67. The molecule has 10 rings (SSSR count). The Hall–Kier alpha value is -3.55. The highest BCUT2D eigenvalue weighted by molar-refractivity contribution is 6.10. The number of fused-ring (bicyclic) bond motifs is 3. The largest absolute Gasteiger partial charge is 0.448 e. The number of carbonyl (C=O) groups excluding carboxylic acids is 3. The van der Waals surface area contributed by atoms with Gasteiger partial charge in [0.15, 0.2) is 11.4 Å². The van der Waals surface area contributed by atoms with Crippen LogP contribution >= 0.6 is 0 Å². The van der Waals surface area contributed by atoms with E-state index in [1.54, 1.807) is 4.90 Å². The zero-order valence-electron chi connectivity index (χ0n) is 32.0. The lowest BCUT2D eigenvalue weighted by Gasteiger charge is -2.71. The topological polar surface area (TPSA) is 104 Å². The van der Waals surface area contributed by atoms with E-state index in [1.807, 2.05) is 81.4 Å². The van der Waals surface area contributed by atoms with E-state index < -0.39 is 44.4 Å². The molecule has 7 nitrogen and oxygen atoms in total. The number of aliphatic hydroxyl groups excluding tert-OH is 1. The van der Waals surface area contributed by atoms with Gasteiger partial charge in [-0.25, -0.2) is 0 Å². The minimum absolute atomic E-state index is 0.0377. The molecule has 8 aliphatic rings. The van der Waals surface area contributed by atoms with Crippen LogP contribution in [0.5, 0.6) is 0 Å². The van der Waals surface area contributed by atoms with E-state index in [0.29, 0.717) is 37.8 Å². The fraction of sp³-hybridized carbons (Fsp3) is 0.587. The molecule has 1 aliphatic heterocycles. The van der Waals surface area contributed by atoms with Crippen molar-refractivity contribution >= 4 is 17.7 Å². The second-order valence-corrected chi connectivity index (χ2v) is 19.3. The summed E-state index contributed by atoms with van der Waals surface area (Å²) in [5, 5.41) is 24.4.